The zero-order valence-corrected chi connectivity index (χ0v) is 13.7. The van der Waals surface area contributed by atoms with Crippen molar-refractivity contribution in [1.29, 1.82) is 0 Å². The summed E-state index contributed by atoms with van der Waals surface area (Å²) < 4.78 is 11.2. The molecule has 2 aromatic rings. The minimum atomic E-state index is 0.0608. The van der Waals surface area contributed by atoms with E-state index in [0.717, 1.165) is 25.9 Å². The molecular weight excluding hydrogens is 304 g/mol. The molecule has 24 heavy (non-hydrogen) atoms. The van der Waals surface area contributed by atoms with Crippen molar-refractivity contribution in [1.82, 2.24) is 9.88 Å². The first kappa shape index (κ1) is 16.3. The zero-order valence-electron chi connectivity index (χ0n) is 13.7. The van der Waals surface area contributed by atoms with Crippen LogP contribution in [0.3, 0.4) is 0 Å². The average Bonchev–Trinajstić information content (AvgIpc) is 2.91. The summed E-state index contributed by atoms with van der Waals surface area (Å²) in [6.07, 6.45) is 6.28. The lowest BCUT2D eigenvalue weighted by atomic mass is 10.2. The van der Waals surface area contributed by atoms with Crippen LogP contribution >= 0.6 is 0 Å². The maximum atomic E-state index is 12.2. The molecule has 5 heteroatoms. The summed E-state index contributed by atoms with van der Waals surface area (Å²) in [6.45, 7) is 1.78. The standard InChI is InChI=1S/C19H22N2O3/c22-19(21-13-5-1-2-6-14-21)15-23-16-8-10-17(11-9-16)24-18-7-3-4-12-20-18/h3-4,7-12H,1-2,5-6,13-15H2. The van der Waals surface area contributed by atoms with Crippen LogP contribution in [-0.4, -0.2) is 35.5 Å². The van der Waals surface area contributed by atoms with Crippen molar-refractivity contribution in [2.75, 3.05) is 19.7 Å². The Morgan fingerprint density at radius 1 is 0.958 bits per heavy atom. The minimum Gasteiger partial charge on any atom is -0.484 e. The summed E-state index contributed by atoms with van der Waals surface area (Å²) in [4.78, 5) is 18.2. The van der Waals surface area contributed by atoms with Gasteiger partial charge in [-0.25, -0.2) is 4.98 Å². The Kier molecular flexibility index (Phi) is 5.66. The lowest BCUT2D eigenvalue weighted by molar-refractivity contribution is -0.133. The summed E-state index contributed by atoms with van der Waals surface area (Å²) in [5.74, 6) is 1.94. The molecule has 1 aromatic carbocycles. The monoisotopic (exact) mass is 326 g/mol. The molecule has 1 aromatic heterocycles. The molecule has 0 aliphatic carbocycles. The minimum absolute atomic E-state index is 0.0608. The highest BCUT2D eigenvalue weighted by atomic mass is 16.5. The molecule has 0 radical (unpaired) electrons. The summed E-state index contributed by atoms with van der Waals surface area (Å²) >= 11 is 0. The van der Waals surface area contributed by atoms with Gasteiger partial charge in [-0.15, -0.1) is 0 Å². The number of nitrogens with zero attached hydrogens (tertiary/aromatic N) is 2. The summed E-state index contributed by atoms with van der Waals surface area (Å²) in [5, 5.41) is 0. The van der Waals surface area contributed by atoms with Crippen molar-refractivity contribution in [2.45, 2.75) is 25.7 Å². The van der Waals surface area contributed by atoms with Crippen LogP contribution in [0, 0.1) is 0 Å². The number of amides is 1. The van der Waals surface area contributed by atoms with E-state index in [4.69, 9.17) is 9.47 Å². The number of likely N-dealkylation sites (tertiary alicyclic amines) is 1. The van der Waals surface area contributed by atoms with Gasteiger partial charge in [0.2, 0.25) is 5.88 Å². The van der Waals surface area contributed by atoms with E-state index in [-0.39, 0.29) is 12.5 Å². The topological polar surface area (TPSA) is 51.7 Å². The molecule has 1 aliphatic rings. The van der Waals surface area contributed by atoms with Crippen LogP contribution in [0.4, 0.5) is 0 Å². The van der Waals surface area contributed by atoms with Gasteiger partial charge in [-0.3, -0.25) is 4.79 Å². The molecule has 3 rings (SSSR count). The predicted octanol–water partition coefficient (Wildman–Crippen LogP) is 3.66. The van der Waals surface area contributed by atoms with E-state index in [9.17, 15) is 4.79 Å². The van der Waals surface area contributed by atoms with Gasteiger partial charge in [-0.1, -0.05) is 18.9 Å². The van der Waals surface area contributed by atoms with Gasteiger partial charge in [0.1, 0.15) is 11.5 Å². The van der Waals surface area contributed by atoms with Crippen molar-refractivity contribution in [3.05, 3.63) is 48.7 Å². The van der Waals surface area contributed by atoms with Gasteiger partial charge in [0.05, 0.1) is 0 Å². The smallest absolute Gasteiger partial charge is 0.260 e. The van der Waals surface area contributed by atoms with Crippen LogP contribution < -0.4 is 9.47 Å². The highest BCUT2D eigenvalue weighted by molar-refractivity contribution is 5.77. The molecule has 1 saturated heterocycles. The molecule has 0 unspecified atom stereocenters. The molecule has 0 spiro atoms. The second-order valence-electron chi connectivity index (χ2n) is 5.83. The summed E-state index contributed by atoms with van der Waals surface area (Å²) in [6, 6.07) is 12.7. The number of aromatic nitrogens is 1. The number of hydrogen-bond acceptors (Lipinski definition) is 4. The lowest BCUT2D eigenvalue weighted by Crippen LogP contribution is -2.35. The third kappa shape index (κ3) is 4.72. The molecule has 1 amide bonds. The third-order valence-corrected chi connectivity index (χ3v) is 4.00. The quantitative estimate of drug-likeness (QED) is 0.841. The van der Waals surface area contributed by atoms with Gasteiger partial charge in [0.15, 0.2) is 6.61 Å². The number of carbonyl (C=O) groups excluding carboxylic acids is 1. The predicted molar refractivity (Wildman–Crippen MR) is 91.3 cm³/mol. The van der Waals surface area contributed by atoms with Gasteiger partial charge in [-0.2, -0.15) is 0 Å². The fraction of sp³-hybridized carbons (Fsp3) is 0.368. The number of carbonyl (C=O) groups is 1. The molecule has 2 heterocycles. The summed E-state index contributed by atoms with van der Waals surface area (Å²) in [7, 11) is 0. The van der Waals surface area contributed by atoms with Crippen LogP contribution in [0.15, 0.2) is 48.7 Å². The van der Waals surface area contributed by atoms with E-state index in [1.54, 1.807) is 36.5 Å². The Balaban J connectivity index is 1.49. The largest absolute Gasteiger partial charge is 0.484 e. The van der Waals surface area contributed by atoms with Gasteiger partial charge < -0.3 is 14.4 Å². The number of rotatable bonds is 5. The molecule has 0 bridgehead atoms. The molecule has 1 fully saturated rings. The highest BCUT2D eigenvalue weighted by Gasteiger charge is 2.15. The average molecular weight is 326 g/mol. The molecule has 0 atom stereocenters. The van der Waals surface area contributed by atoms with Crippen LogP contribution in [0.5, 0.6) is 17.4 Å². The number of hydrogen-bond donors (Lipinski definition) is 0. The Hall–Kier alpha value is -2.56. The molecule has 126 valence electrons. The fourth-order valence-corrected chi connectivity index (χ4v) is 2.69. The number of pyridine rings is 1. The highest BCUT2D eigenvalue weighted by Crippen LogP contribution is 2.22. The van der Waals surface area contributed by atoms with Crippen LogP contribution in [-0.2, 0) is 4.79 Å². The van der Waals surface area contributed by atoms with Gasteiger partial charge >= 0.3 is 0 Å². The van der Waals surface area contributed by atoms with E-state index in [0.29, 0.717) is 17.4 Å². The number of benzene rings is 1. The van der Waals surface area contributed by atoms with Gasteiger partial charge in [0.25, 0.3) is 5.91 Å². The van der Waals surface area contributed by atoms with Crippen molar-refractivity contribution >= 4 is 5.91 Å². The second kappa shape index (κ2) is 8.34. The molecule has 0 saturated carbocycles. The van der Waals surface area contributed by atoms with E-state index in [1.807, 2.05) is 17.0 Å². The Labute approximate surface area is 142 Å². The van der Waals surface area contributed by atoms with Crippen molar-refractivity contribution < 1.29 is 14.3 Å². The second-order valence-corrected chi connectivity index (χ2v) is 5.83. The first-order valence-electron chi connectivity index (χ1n) is 8.41. The Morgan fingerprint density at radius 2 is 1.67 bits per heavy atom. The Morgan fingerprint density at radius 3 is 2.33 bits per heavy atom. The summed E-state index contributed by atoms with van der Waals surface area (Å²) in [5.41, 5.74) is 0. The van der Waals surface area contributed by atoms with Crippen LogP contribution in [0.2, 0.25) is 0 Å². The Bertz CT molecular complexity index is 635. The van der Waals surface area contributed by atoms with Crippen LogP contribution in [0.25, 0.3) is 0 Å². The van der Waals surface area contributed by atoms with E-state index >= 15 is 0 Å². The normalized spacial score (nSPS) is 14.8. The van der Waals surface area contributed by atoms with E-state index in [2.05, 4.69) is 4.98 Å². The van der Waals surface area contributed by atoms with Gasteiger partial charge in [-0.05, 0) is 43.2 Å². The SMILES string of the molecule is O=C(COc1ccc(Oc2ccccn2)cc1)N1CCCCCC1. The molecular formula is C19H22N2O3. The third-order valence-electron chi connectivity index (χ3n) is 4.00. The van der Waals surface area contributed by atoms with Crippen LogP contribution in [0.1, 0.15) is 25.7 Å². The zero-order chi connectivity index (χ0) is 16.6. The van der Waals surface area contributed by atoms with E-state index in [1.165, 1.54) is 12.8 Å². The maximum Gasteiger partial charge on any atom is 0.260 e. The maximum absolute atomic E-state index is 12.2. The molecule has 1 aliphatic heterocycles. The molecule has 5 nitrogen and oxygen atoms in total. The fourth-order valence-electron chi connectivity index (χ4n) is 2.69. The van der Waals surface area contributed by atoms with Gasteiger partial charge in [0, 0.05) is 25.4 Å². The number of ether oxygens (including phenoxy) is 2. The van der Waals surface area contributed by atoms with Crippen molar-refractivity contribution in [3.8, 4) is 17.4 Å². The first-order chi connectivity index (χ1) is 11.8. The first-order valence-corrected chi connectivity index (χ1v) is 8.41. The van der Waals surface area contributed by atoms with E-state index < -0.39 is 0 Å². The van der Waals surface area contributed by atoms with Crippen molar-refractivity contribution in [2.24, 2.45) is 0 Å². The lowest BCUT2D eigenvalue weighted by Gasteiger charge is -2.20. The van der Waals surface area contributed by atoms with Crippen molar-refractivity contribution in [3.63, 3.8) is 0 Å². The molecule has 0 N–H and O–H groups in total.